The Morgan fingerprint density at radius 1 is 1.10 bits per heavy atom. The van der Waals surface area contributed by atoms with Gasteiger partial charge in [-0.1, -0.05) is 29.8 Å². The number of fused-ring (bicyclic) bond motifs is 1. The molecule has 0 radical (unpaired) electrons. The number of aromatic hydroxyl groups is 1. The predicted molar refractivity (Wildman–Crippen MR) is 110 cm³/mol. The lowest BCUT2D eigenvalue weighted by atomic mass is 9.99. The van der Waals surface area contributed by atoms with E-state index in [1.807, 2.05) is 35.2 Å². The van der Waals surface area contributed by atoms with Crippen molar-refractivity contribution in [2.75, 3.05) is 0 Å². The summed E-state index contributed by atoms with van der Waals surface area (Å²) in [7, 11) is 1.52. The fraction of sp³-hybridized carbons (Fsp3) is 0.273. The molecule has 5 rings (SSSR count). The molecule has 3 aromatic rings. The highest BCUT2D eigenvalue weighted by molar-refractivity contribution is 6.31. The highest BCUT2D eigenvalue weighted by atomic mass is 35.5. The third kappa shape index (κ3) is 3.04. The highest BCUT2D eigenvalue weighted by Gasteiger charge is 2.38. The lowest BCUT2D eigenvalue weighted by Gasteiger charge is -2.13. The molecule has 1 N–H and O–H groups in total. The van der Waals surface area contributed by atoms with Gasteiger partial charge in [-0.2, -0.15) is 0 Å². The Balaban J connectivity index is 1.42. The van der Waals surface area contributed by atoms with E-state index in [1.54, 1.807) is 0 Å². The van der Waals surface area contributed by atoms with E-state index in [2.05, 4.69) is 6.07 Å². The molecule has 0 bridgehead atoms. The van der Waals surface area contributed by atoms with Crippen molar-refractivity contribution in [1.29, 1.82) is 0 Å². The second-order valence-corrected chi connectivity index (χ2v) is 8.21. The van der Waals surface area contributed by atoms with E-state index in [-0.39, 0.29) is 24.0 Å². The molecule has 6 nitrogen and oxygen atoms in total. The number of aromatic nitrogens is 2. The van der Waals surface area contributed by atoms with Crippen molar-refractivity contribution in [3.05, 3.63) is 74.8 Å². The monoisotopic (exact) mass is 409 g/mol. The minimum absolute atomic E-state index is 0.0873. The standard InChI is InChI=1S/C22H20ClN3O3/c1-24-20(27)12-25(22(24)29)10-15-3-2-14(9-19(15)23)13-4-7-18-16(8-13)11-26(21(18)28)17-5-6-17/h2-4,7-9,12,17,27H,5-6,10-11H2,1H3. The number of benzene rings is 2. The van der Waals surface area contributed by atoms with Crippen LogP contribution in [0.3, 0.4) is 0 Å². The zero-order chi connectivity index (χ0) is 20.3. The van der Waals surface area contributed by atoms with E-state index in [9.17, 15) is 14.7 Å². The first kappa shape index (κ1) is 18.1. The Kier molecular flexibility index (Phi) is 4.06. The molecule has 2 heterocycles. The lowest BCUT2D eigenvalue weighted by Crippen LogP contribution is -2.25. The molecule has 0 spiro atoms. The molecule has 2 aliphatic rings. The molecule has 1 fully saturated rings. The molecule has 29 heavy (non-hydrogen) atoms. The predicted octanol–water partition coefficient (Wildman–Crippen LogP) is 3.38. The summed E-state index contributed by atoms with van der Waals surface area (Å²) in [6, 6.07) is 12.1. The minimum atomic E-state index is -0.300. The average Bonchev–Trinajstić information content (AvgIpc) is 3.46. The summed E-state index contributed by atoms with van der Waals surface area (Å²) in [4.78, 5) is 26.6. The van der Waals surface area contributed by atoms with Crippen LogP contribution >= 0.6 is 11.6 Å². The number of amides is 1. The maximum atomic E-state index is 12.5. The molecular weight excluding hydrogens is 390 g/mol. The van der Waals surface area contributed by atoms with Crippen LogP contribution in [0.5, 0.6) is 5.88 Å². The van der Waals surface area contributed by atoms with Crippen LogP contribution in [0.15, 0.2) is 47.4 Å². The van der Waals surface area contributed by atoms with Gasteiger partial charge in [0.2, 0.25) is 5.88 Å². The van der Waals surface area contributed by atoms with Crippen molar-refractivity contribution in [1.82, 2.24) is 14.0 Å². The molecule has 1 amide bonds. The SMILES string of the molecule is Cn1c(O)cn(Cc2ccc(-c3ccc4c(c3)CN(C3CC3)C4=O)cc2Cl)c1=O. The van der Waals surface area contributed by atoms with Crippen LogP contribution in [0.4, 0.5) is 0 Å². The molecular formula is C22H20ClN3O3. The Labute approximate surface area is 172 Å². The smallest absolute Gasteiger partial charge is 0.331 e. The summed E-state index contributed by atoms with van der Waals surface area (Å²) < 4.78 is 2.60. The van der Waals surface area contributed by atoms with Crippen molar-refractivity contribution in [3.63, 3.8) is 0 Å². The van der Waals surface area contributed by atoms with Crippen LogP contribution in [-0.4, -0.2) is 31.1 Å². The van der Waals surface area contributed by atoms with E-state index in [0.717, 1.165) is 40.7 Å². The number of hydrogen-bond acceptors (Lipinski definition) is 3. The molecule has 2 aromatic carbocycles. The van der Waals surface area contributed by atoms with Gasteiger partial charge in [-0.25, -0.2) is 4.79 Å². The second kappa shape index (κ2) is 6.52. The van der Waals surface area contributed by atoms with E-state index >= 15 is 0 Å². The third-order valence-electron chi connectivity index (χ3n) is 5.80. The number of carbonyl (C=O) groups excluding carboxylic acids is 1. The maximum Gasteiger partial charge on any atom is 0.331 e. The number of halogens is 1. The van der Waals surface area contributed by atoms with Gasteiger partial charge in [0.15, 0.2) is 0 Å². The molecule has 1 aliphatic heterocycles. The Morgan fingerprint density at radius 2 is 1.83 bits per heavy atom. The van der Waals surface area contributed by atoms with E-state index < -0.39 is 0 Å². The van der Waals surface area contributed by atoms with Crippen molar-refractivity contribution in [2.45, 2.75) is 32.0 Å². The van der Waals surface area contributed by atoms with Crippen molar-refractivity contribution in [2.24, 2.45) is 7.05 Å². The van der Waals surface area contributed by atoms with Crippen LogP contribution in [0, 0.1) is 0 Å². The lowest BCUT2D eigenvalue weighted by molar-refractivity contribution is 0.0766. The van der Waals surface area contributed by atoms with Gasteiger partial charge in [-0.05, 0) is 53.3 Å². The summed E-state index contributed by atoms with van der Waals surface area (Å²) in [6.07, 6.45) is 3.60. The van der Waals surface area contributed by atoms with Gasteiger partial charge in [0.1, 0.15) is 0 Å². The summed E-state index contributed by atoms with van der Waals surface area (Å²) in [5, 5.41) is 10.2. The molecule has 1 aromatic heterocycles. The van der Waals surface area contributed by atoms with Crippen LogP contribution in [0.25, 0.3) is 11.1 Å². The normalized spacial score (nSPS) is 15.8. The van der Waals surface area contributed by atoms with Crippen molar-refractivity contribution < 1.29 is 9.90 Å². The number of imidazole rings is 1. The largest absolute Gasteiger partial charge is 0.493 e. The third-order valence-corrected chi connectivity index (χ3v) is 6.15. The molecule has 1 aliphatic carbocycles. The fourth-order valence-corrected chi connectivity index (χ4v) is 4.17. The van der Waals surface area contributed by atoms with Crippen LogP contribution < -0.4 is 5.69 Å². The zero-order valence-corrected chi connectivity index (χ0v) is 16.7. The molecule has 1 saturated carbocycles. The molecule has 7 heteroatoms. The first-order valence-electron chi connectivity index (χ1n) is 9.60. The number of carbonyl (C=O) groups is 1. The van der Waals surface area contributed by atoms with E-state index in [1.165, 1.54) is 22.4 Å². The van der Waals surface area contributed by atoms with Crippen molar-refractivity contribution >= 4 is 17.5 Å². The Bertz CT molecular complexity index is 1210. The van der Waals surface area contributed by atoms with Gasteiger partial charge in [0.25, 0.3) is 5.91 Å². The van der Waals surface area contributed by atoms with Gasteiger partial charge in [0.05, 0.1) is 12.7 Å². The molecule has 148 valence electrons. The summed E-state index contributed by atoms with van der Waals surface area (Å²) in [5.41, 5.74) is 4.32. The average molecular weight is 410 g/mol. The van der Waals surface area contributed by atoms with Gasteiger partial charge in [-0.15, -0.1) is 0 Å². The first-order valence-corrected chi connectivity index (χ1v) is 9.98. The second-order valence-electron chi connectivity index (χ2n) is 7.80. The topological polar surface area (TPSA) is 67.5 Å². The number of nitrogens with zero attached hydrogens (tertiary/aromatic N) is 3. The van der Waals surface area contributed by atoms with Gasteiger partial charge < -0.3 is 10.0 Å². The zero-order valence-electron chi connectivity index (χ0n) is 15.9. The quantitative estimate of drug-likeness (QED) is 0.718. The number of rotatable bonds is 4. The van der Waals surface area contributed by atoms with Gasteiger partial charge >= 0.3 is 5.69 Å². The van der Waals surface area contributed by atoms with E-state index in [0.29, 0.717) is 17.6 Å². The summed E-state index contributed by atoms with van der Waals surface area (Å²) in [5.74, 6) is 0.0506. The summed E-state index contributed by atoms with van der Waals surface area (Å²) >= 11 is 6.49. The van der Waals surface area contributed by atoms with Crippen molar-refractivity contribution in [3.8, 4) is 17.0 Å². The maximum absolute atomic E-state index is 12.5. The Morgan fingerprint density at radius 3 is 2.48 bits per heavy atom. The van der Waals surface area contributed by atoms with Crippen LogP contribution in [0.1, 0.15) is 34.3 Å². The first-order chi connectivity index (χ1) is 13.9. The minimum Gasteiger partial charge on any atom is -0.493 e. The van der Waals surface area contributed by atoms with Crippen LogP contribution in [0.2, 0.25) is 5.02 Å². The van der Waals surface area contributed by atoms with E-state index in [4.69, 9.17) is 11.6 Å². The Hall–Kier alpha value is -2.99. The van der Waals surface area contributed by atoms with Gasteiger partial charge in [-0.3, -0.25) is 13.9 Å². The molecule has 0 unspecified atom stereocenters. The fourth-order valence-electron chi connectivity index (χ4n) is 3.93. The highest BCUT2D eigenvalue weighted by Crippen LogP contribution is 2.36. The molecule has 0 saturated heterocycles. The number of hydrogen-bond donors (Lipinski definition) is 1. The molecule has 0 atom stereocenters. The van der Waals surface area contributed by atoms with Crippen LogP contribution in [-0.2, 0) is 20.1 Å². The van der Waals surface area contributed by atoms with Gasteiger partial charge in [0, 0.05) is 30.2 Å². The summed E-state index contributed by atoms with van der Waals surface area (Å²) in [6.45, 7) is 0.959.